The van der Waals surface area contributed by atoms with Gasteiger partial charge in [0.05, 0.1) is 0 Å². The molecule has 0 bridgehead atoms. The van der Waals surface area contributed by atoms with E-state index < -0.39 is 18.0 Å². The van der Waals surface area contributed by atoms with Gasteiger partial charge < -0.3 is 14.9 Å². The van der Waals surface area contributed by atoms with Crippen LogP contribution in [0.3, 0.4) is 0 Å². The number of nitrogens with zero attached hydrogens (tertiary/aromatic N) is 1. The molecule has 1 heterocycles. The van der Waals surface area contributed by atoms with Crippen LogP contribution in [0.15, 0.2) is 10.6 Å². The third kappa shape index (κ3) is 5.45. The first kappa shape index (κ1) is 17.0. The number of nitrogens with one attached hydrogen (secondary N) is 2. The summed E-state index contributed by atoms with van der Waals surface area (Å²) in [5, 5.41) is 17.7. The molecule has 0 aliphatic rings. The number of urea groups is 1. The maximum absolute atomic E-state index is 11.8. The summed E-state index contributed by atoms with van der Waals surface area (Å²) < 4.78 is 5.14. The van der Waals surface area contributed by atoms with Crippen LogP contribution in [0.5, 0.6) is 0 Å². The predicted molar refractivity (Wildman–Crippen MR) is 78.2 cm³/mol. The molecule has 118 valence electrons. The molecule has 7 nitrogen and oxygen atoms in total. The second-order valence-corrected chi connectivity index (χ2v) is 6.45. The highest BCUT2D eigenvalue weighted by Crippen LogP contribution is 2.24. The number of hydrogen-bond acceptors (Lipinski definition) is 4. The molecule has 0 saturated heterocycles. The lowest BCUT2D eigenvalue weighted by Crippen LogP contribution is -2.43. The van der Waals surface area contributed by atoms with Gasteiger partial charge in [-0.05, 0) is 12.3 Å². The maximum Gasteiger partial charge on any atom is 0.326 e. The summed E-state index contributed by atoms with van der Waals surface area (Å²) in [4.78, 5) is 22.9. The molecule has 7 heteroatoms. The lowest BCUT2D eigenvalue weighted by atomic mass is 9.93. The average Bonchev–Trinajstić information content (AvgIpc) is 2.75. The number of carbonyl (C=O) groups is 2. The van der Waals surface area contributed by atoms with Crippen molar-refractivity contribution in [2.75, 3.05) is 5.32 Å². The lowest BCUT2D eigenvalue weighted by Gasteiger charge is -2.16. The van der Waals surface area contributed by atoms with Crippen molar-refractivity contribution in [3.8, 4) is 0 Å². The van der Waals surface area contributed by atoms with Crippen LogP contribution in [0.25, 0.3) is 0 Å². The topological polar surface area (TPSA) is 104 Å². The Kier molecular flexibility index (Phi) is 5.34. The minimum absolute atomic E-state index is 0.158. The van der Waals surface area contributed by atoms with E-state index in [0.717, 1.165) is 0 Å². The average molecular weight is 297 g/mol. The summed E-state index contributed by atoms with van der Waals surface area (Å²) in [5.74, 6) is -0.0128. The molecule has 1 atom stereocenters. The zero-order valence-corrected chi connectivity index (χ0v) is 13.1. The predicted octanol–water partition coefficient (Wildman–Crippen LogP) is 2.59. The molecule has 2 amide bonds. The number of carboxylic acids is 1. The molecule has 3 N–H and O–H groups in total. The fraction of sp³-hybridized carbons (Fsp3) is 0.643. The standard InChI is InChI=1S/C14H23N3O4/c1-8(2)6-9(12(18)19)15-13(20)16-11-7-10(21-17-11)14(3,4)5/h7-9H,6H2,1-5H3,(H,18,19)(H2,15,16,17,20). The zero-order valence-electron chi connectivity index (χ0n) is 13.1. The SMILES string of the molecule is CC(C)CC(NC(=O)Nc1cc(C(C)(C)C)on1)C(=O)O. The minimum atomic E-state index is -1.06. The largest absolute Gasteiger partial charge is 0.480 e. The summed E-state index contributed by atoms with van der Waals surface area (Å²) in [7, 11) is 0. The molecule has 1 unspecified atom stereocenters. The number of carboxylic acid groups (broad SMARTS) is 1. The van der Waals surface area contributed by atoms with Crippen LogP contribution < -0.4 is 10.6 Å². The Hall–Kier alpha value is -2.05. The number of aromatic nitrogens is 1. The molecule has 0 saturated carbocycles. The number of rotatable bonds is 5. The molecule has 0 aliphatic heterocycles. The summed E-state index contributed by atoms with van der Waals surface area (Å²) in [5.41, 5.74) is -0.218. The normalized spacial score (nSPS) is 13.0. The van der Waals surface area contributed by atoms with Crippen LogP contribution in [0, 0.1) is 5.92 Å². The zero-order chi connectivity index (χ0) is 16.2. The van der Waals surface area contributed by atoms with E-state index in [4.69, 9.17) is 9.63 Å². The van der Waals surface area contributed by atoms with Crippen molar-refractivity contribution in [3.05, 3.63) is 11.8 Å². The highest BCUT2D eigenvalue weighted by Gasteiger charge is 2.23. The molecule has 0 radical (unpaired) electrons. The Morgan fingerprint density at radius 1 is 1.38 bits per heavy atom. The summed E-state index contributed by atoms with van der Waals surface area (Å²) in [6.07, 6.45) is 0.356. The Morgan fingerprint density at radius 2 is 2.00 bits per heavy atom. The second-order valence-electron chi connectivity index (χ2n) is 6.45. The van der Waals surface area contributed by atoms with E-state index in [1.807, 2.05) is 34.6 Å². The molecule has 1 rings (SSSR count). The van der Waals surface area contributed by atoms with Gasteiger partial charge in [0, 0.05) is 11.5 Å². The summed E-state index contributed by atoms with van der Waals surface area (Å²) >= 11 is 0. The van der Waals surface area contributed by atoms with Crippen molar-refractivity contribution < 1.29 is 19.2 Å². The van der Waals surface area contributed by atoms with Crippen molar-refractivity contribution in [2.24, 2.45) is 5.92 Å². The van der Waals surface area contributed by atoms with Crippen LogP contribution in [0.4, 0.5) is 10.6 Å². The van der Waals surface area contributed by atoms with E-state index in [1.54, 1.807) is 6.07 Å². The van der Waals surface area contributed by atoms with E-state index in [1.165, 1.54) is 0 Å². The van der Waals surface area contributed by atoms with Crippen LogP contribution in [-0.4, -0.2) is 28.3 Å². The van der Waals surface area contributed by atoms with Crippen LogP contribution >= 0.6 is 0 Å². The van der Waals surface area contributed by atoms with Gasteiger partial charge in [0.25, 0.3) is 0 Å². The van der Waals surface area contributed by atoms with Crippen LogP contribution in [-0.2, 0) is 10.2 Å². The van der Waals surface area contributed by atoms with Crippen molar-refractivity contribution in [1.29, 1.82) is 0 Å². The van der Waals surface area contributed by atoms with Gasteiger partial charge in [0.15, 0.2) is 5.82 Å². The minimum Gasteiger partial charge on any atom is -0.480 e. The van der Waals surface area contributed by atoms with Gasteiger partial charge >= 0.3 is 12.0 Å². The van der Waals surface area contributed by atoms with Crippen molar-refractivity contribution in [1.82, 2.24) is 10.5 Å². The lowest BCUT2D eigenvalue weighted by molar-refractivity contribution is -0.139. The number of hydrogen-bond donors (Lipinski definition) is 3. The molecule has 0 fully saturated rings. The van der Waals surface area contributed by atoms with Crippen molar-refractivity contribution in [2.45, 2.75) is 52.5 Å². The van der Waals surface area contributed by atoms with Gasteiger partial charge in [-0.25, -0.2) is 9.59 Å². The molecular weight excluding hydrogens is 274 g/mol. The van der Waals surface area contributed by atoms with E-state index in [2.05, 4.69) is 15.8 Å². The summed E-state index contributed by atoms with van der Waals surface area (Å²) in [6.45, 7) is 9.66. The van der Waals surface area contributed by atoms with Crippen LogP contribution in [0.2, 0.25) is 0 Å². The molecule has 1 aromatic rings. The Morgan fingerprint density at radius 3 is 2.43 bits per heavy atom. The van der Waals surface area contributed by atoms with Gasteiger partial charge in [-0.15, -0.1) is 0 Å². The van der Waals surface area contributed by atoms with E-state index in [-0.39, 0.29) is 17.2 Å². The maximum atomic E-state index is 11.8. The Labute approximate surface area is 124 Å². The number of anilines is 1. The van der Waals surface area contributed by atoms with Gasteiger partial charge in [-0.2, -0.15) is 0 Å². The van der Waals surface area contributed by atoms with Gasteiger partial charge in [-0.3, -0.25) is 5.32 Å². The highest BCUT2D eigenvalue weighted by atomic mass is 16.5. The Bertz CT molecular complexity index is 503. The Balaban J connectivity index is 2.64. The fourth-order valence-electron chi connectivity index (χ4n) is 1.69. The van der Waals surface area contributed by atoms with Crippen LogP contribution in [0.1, 0.15) is 46.8 Å². The summed E-state index contributed by atoms with van der Waals surface area (Å²) in [6, 6.07) is 0.0773. The fourth-order valence-corrected chi connectivity index (χ4v) is 1.69. The van der Waals surface area contributed by atoms with Gasteiger partial charge in [-0.1, -0.05) is 39.8 Å². The molecular formula is C14H23N3O4. The third-order valence-corrected chi connectivity index (χ3v) is 2.80. The monoisotopic (exact) mass is 297 g/mol. The molecule has 0 aliphatic carbocycles. The van der Waals surface area contributed by atoms with E-state index in [9.17, 15) is 9.59 Å². The number of aliphatic carboxylic acids is 1. The van der Waals surface area contributed by atoms with E-state index >= 15 is 0 Å². The van der Waals surface area contributed by atoms with E-state index in [0.29, 0.717) is 12.2 Å². The molecule has 0 aromatic carbocycles. The molecule has 21 heavy (non-hydrogen) atoms. The smallest absolute Gasteiger partial charge is 0.326 e. The van der Waals surface area contributed by atoms with Crippen molar-refractivity contribution in [3.63, 3.8) is 0 Å². The molecule has 0 spiro atoms. The first-order chi connectivity index (χ1) is 9.59. The first-order valence-corrected chi connectivity index (χ1v) is 6.87. The first-order valence-electron chi connectivity index (χ1n) is 6.87. The second kappa shape index (κ2) is 6.60. The third-order valence-electron chi connectivity index (χ3n) is 2.80. The molecule has 1 aromatic heterocycles. The van der Waals surface area contributed by atoms with Gasteiger partial charge in [0.1, 0.15) is 11.8 Å². The van der Waals surface area contributed by atoms with Crippen molar-refractivity contribution >= 4 is 17.8 Å². The number of amides is 2. The van der Waals surface area contributed by atoms with Gasteiger partial charge in [0.2, 0.25) is 0 Å². The quantitative estimate of drug-likeness (QED) is 0.774. The number of carbonyl (C=O) groups excluding carboxylic acids is 1. The highest BCUT2D eigenvalue weighted by molar-refractivity contribution is 5.91.